The van der Waals surface area contributed by atoms with Gasteiger partial charge in [-0.3, -0.25) is 9.48 Å². The number of nitrogens with one attached hydrogen (secondary N) is 1. The molecule has 0 aliphatic heterocycles. The highest BCUT2D eigenvalue weighted by Crippen LogP contribution is 2.33. The third-order valence-electron chi connectivity index (χ3n) is 4.36. The van der Waals surface area contributed by atoms with Crippen molar-refractivity contribution >= 4 is 22.5 Å². The van der Waals surface area contributed by atoms with E-state index in [9.17, 15) is 4.79 Å². The summed E-state index contributed by atoms with van der Waals surface area (Å²) in [6.07, 6.45) is 0.844. The predicted molar refractivity (Wildman–Crippen MR) is 98.3 cm³/mol. The zero-order valence-corrected chi connectivity index (χ0v) is 14.9. The van der Waals surface area contributed by atoms with Crippen LogP contribution in [0.2, 0.25) is 0 Å². The molecule has 1 aromatic carbocycles. The fourth-order valence-electron chi connectivity index (χ4n) is 3.01. The Morgan fingerprint density at radius 2 is 2.04 bits per heavy atom. The summed E-state index contributed by atoms with van der Waals surface area (Å²) < 4.78 is 1.84. The van der Waals surface area contributed by atoms with Gasteiger partial charge in [0.1, 0.15) is 5.52 Å². The van der Waals surface area contributed by atoms with Gasteiger partial charge in [-0.2, -0.15) is 5.10 Å². The molecule has 0 radical (unpaired) electrons. The maximum atomic E-state index is 12.2. The highest BCUT2D eigenvalue weighted by molar-refractivity contribution is 6.07. The standard InChI is InChI=1S/C18H22N6O/c1-5-9-20-18(25)17-15(19)13-8-6-7-12(16(13)21-22-17)14-10(2)23-24(4)11(14)3/h6-8H,5,9H2,1-4H3,(H2,19,21)(H,20,25). The minimum atomic E-state index is -0.298. The molecule has 0 saturated heterocycles. The summed E-state index contributed by atoms with van der Waals surface area (Å²) in [4.78, 5) is 12.2. The normalized spacial score (nSPS) is 11.0. The van der Waals surface area contributed by atoms with Crippen LogP contribution >= 0.6 is 0 Å². The Bertz CT molecular complexity index is 960. The molecule has 2 heterocycles. The van der Waals surface area contributed by atoms with Crippen LogP contribution in [0.15, 0.2) is 18.2 Å². The van der Waals surface area contributed by atoms with Crippen molar-refractivity contribution in [1.29, 1.82) is 0 Å². The van der Waals surface area contributed by atoms with Gasteiger partial charge in [0.2, 0.25) is 0 Å². The number of aromatic nitrogens is 4. The number of amides is 1. The molecule has 7 heteroatoms. The van der Waals surface area contributed by atoms with Crippen LogP contribution < -0.4 is 11.1 Å². The van der Waals surface area contributed by atoms with E-state index in [1.54, 1.807) is 0 Å². The average Bonchev–Trinajstić information content (AvgIpc) is 2.85. The van der Waals surface area contributed by atoms with E-state index < -0.39 is 0 Å². The summed E-state index contributed by atoms with van der Waals surface area (Å²) in [6, 6.07) is 5.75. The first-order chi connectivity index (χ1) is 12.0. The first kappa shape index (κ1) is 16.9. The van der Waals surface area contributed by atoms with Crippen molar-refractivity contribution in [2.24, 2.45) is 7.05 Å². The summed E-state index contributed by atoms with van der Waals surface area (Å²) in [5.74, 6) is -0.298. The van der Waals surface area contributed by atoms with Gasteiger partial charge in [-0.1, -0.05) is 25.1 Å². The molecule has 0 atom stereocenters. The number of fused-ring (bicyclic) bond motifs is 1. The van der Waals surface area contributed by atoms with Gasteiger partial charge in [0.25, 0.3) is 5.91 Å². The zero-order valence-electron chi connectivity index (χ0n) is 14.9. The quantitative estimate of drug-likeness (QED) is 0.761. The molecular formula is C18H22N6O. The van der Waals surface area contributed by atoms with Crippen LogP contribution in [0.4, 0.5) is 5.69 Å². The van der Waals surface area contributed by atoms with Crippen molar-refractivity contribution in [2.45, 2.75) is 27.2 Å². The lowest BCUT2D eigenvalue weighted by Gasteiger charge is -2.11. The van der Waals surface area contributed by atoms with Crippen molar-refractivity contribution in [2.75, 3.05) is 12.3 Å². The van der Waals surface area contributed by atoms with Crippen molar-refractivity contribution < 1.29 is 4.79 Å². The lowest BCUT2D eigenvalue weighted by molar-refractivity contribution is 0.0949. The van der Waals surface area contributed by atoms with Gasteiger partial charge in [-0.25, -0.2) is 0 Å². The van der Waals surface area contributed by atoms with Gasteiger partial charge in [0.05, 0.1) is 11.4 Å². The van der Waals surface area contributed by atoms with Crippen LogP contribution in [0, 0.1) is 13.8 Å². The molecule has 7 nitrogen and oxygen atoms in total. The molecule has 25 heavy (non-hydrogen) atoms. The molecule has 0 spiro atoms. The third kappa shape index (κ3) is 2.82. The lowest BCUT2D eigenvalue weighted by atomic mass is 9.99. The summed E-state index contributed by atoms with van der Waals surface area (Å²) >= 11 is 0. The molecule has 0 bridgehead atoms. The van der Waals surface area contributed by atoms with E-state index >= 15 is 0 Å². The number of nitrogen functional groups attached to an aromatic ring is 1. The van der Waals surface area contributed by atoms with E-state index in [4.69, 9.17) is 5.73 Å². The van der Waals surface area contributed by atoms with E-state index in [1.807, 2.05) is 50.7 Å². The Balaban J connectivity index is 2.18. The van der Waals surface area contributed by atoms with Crippen LogP contribution in [-0.4, -0.2) is 32.4 Å². The Labute approximate surface area is 146 Å². The molecule has 0 saturated carbocycles. The number of anilines is 1. The van der Waals surface area contributed by atoms with Crippen LogP contribution in [0.5, 0.6) is 0 Å². The second-order valence-corrected chi connectivity index (χ2v) is 6.09. The minimum absolute atomic E-state index is 0.165. The third-order valence-corrected chi connectivity index (χ3v) is 4.36. The minimum Gasteiger partial charge on any atom is -0.396 e. The highest BCUT2D eigenvalue weighted by atomic mass is 16.1. The van der Waals surface area contributed by atoms with Crippen molar-refractivity contribution in [1.82, 2.24) is 25.3 Å². The van der Waals surface area contributed by atoms with Crippen molar-refractivity contribution in [3.8, 4) is 11.1 Å². The van der Waals surface area contributed by atoms with Gasteiger partial charge in [-0.05, 0) is 20.3 Å². The maximum Gasteiger partial charge on any atom is 0.273 e. The predicted octanol–water partition coefficient (Wildman–Crippen LogP) is 2.37. The first-order valence-electron chi connectivity index (χ1n) is 8.29. The topological polar surface area (TPSA) is 98.7 Å². The largest absolute Gasteiger partial charge is 0.396 e. The van der Waals surface area contributed by atoms with Crippen LogP contribution in [0.1, 0.15) is 35.2 Å². The molecule has 3 aromatic rings. The Hall–Kier alpha value is -2.96. The molecule has 0 fully saturated rings. The number of hydrogen-bond donors (Lipinski definition) is 2. The molecule has 1 amide bonds. The lowest BCUT2D eigenvalue weighted by Crippen LogP contribution is -2.26. The number of nitrogens with two attached hydrogens (primary N) is 1. The van der Waals surface area contributed by atoms with Gasteiger partial charge in [0, 0.05) is 35.8 Å². The highest BCUT2D eigenvalue weighted by Gasteiger charge is 2.19. The van der Waals surface area contributed by atoms with Crippen molar-refractivity contribution in [3.05, 3.63) is 35.3 Å². The fourth-order valence-corrected chi connectivity index (χ4v) is 3.01. The molecule has 0 aliphatic carbocycles. The molecule has 2 aromatic heterocycles. The summed E-state index contributed by atoms with van der Waals surface area (Å²) in [7, 11) is 1.91. The number of nitrogens with zero attached hydrogens (tertiary/aromatic N) is 4. The molecule has 3 rings (SSSR count). The smallest absolute Gasteiger partial charge is 0.273 e. The van der Waals surface area contributed by atoms with E-state index in [2.05, 4.69) is 20.6 Å². The average molecular weight is 338 g/mol. The number of carbonyl (C=O) groups excluding carboxylic acids is 1. The zero-order chi connectivity index (χ0) is 18.1. The molecular weight excluding hydrogens is 316 g/mol. The number of carbonyl (C=O) groups is 1. The van der Waals surface area contributed by atoms with Gasteiger partial charge < -0.3 is 11.1 Å². The Morgan fingerprint density at radius 1 is 1.28 bits per heavy atom. The van der Waals surface area contributed by atoms with E-state index in [-0.39, 0.29) is 11.6 Å². The van der Waals surface area contributed by atoms with Gasteiger partial charge >= 0.3 is 0 Å². The van der Waals surface area contributed by atoms with Crippen LogP contribution in [0.3, 0.4) is 0 Å². The Morgan fingerprint density at radius 3 is 2.68 bits per heavy atom. The second kappa shape index (κ2) is 6.51. The van der Waals surface area contributed by atoms with E-state index in [0.717, 1.165) is 34.3 Å². The molecule has 3 N–H and O–H groups in total. The number of hydrogen-bond acceptors (Lipinski definition) is 5. The van der Waals surface area contributed by atoms with Crippen LogP contribution in [0.25, 0.3) is 22.0 Å². The van der Waals surface area contributed by atoms with Crippen molar-refractivity contribution in [3.63, 3.8) is 0 Å². The summed E-state index contributed by atoms with van der Waals surface area (Å²) in [5.41, 5.74) is 11.3. The van der Waals surface area contributed by atoms with Crippen LogP contribution in [-0.2, 0) is 7.05 Å². The van der Waals surface area contributed by atoms with E-state index in [0.29, 0.717) is 17.7 Å². The summed E-state index contributed by atoms with van der Waals surface area (Å²) in [5, 5.41) is 16.4. The SMILES string of the molecule is CCCNC(=O)c1nnc2c(-c3c(C)nn(C)c3C)cccc2c1N. The monoisotopic (exact) mass is 338 g/mol. The second-order valence-electron chi connectivity index (χ2n) is 6.09. The Kier molecular flexibility index (Phi) is 4.39. The number of rotatable bonds is 4. The number of benzene rings is 1. The molecule has 130 valence electrons. The van der Waals surface area contributed by atoms with Gasteiger partial charge in [-0.15, -0.1) is 10.2 Å². The fraction of sp³-hybridized carbons (Fsp3) is 0.333. The summed E-state index contributed by atoms with van der Waals surface area (Å²) in [6.45, 7) is 6.54. The van der Waals surface area contributed by atoms with E-state index in [1.165, 1.54) is 0 Å². The van der Waals surface area contributed by atoms with Gasteiger partial charge in [0.15, 0.2) is 5.69 Å². The molecule has 0 unspecified atom stereocenters. The number of aryl methyl sites for hydroxylation is 2. The maximum absolute atomic E-state index is 12.2. The molecule has 0 aliphatic rings. The first-order valence-corrected chi connectivity index (χ1v) is 8.29.